The van der Waals surface area contributed by atoms with E-state index in [-0.39, 0.29) is 5.97 Å². The number of carbonyl (C=O) groups is 1. The maximum Gasteiger partial charge on any atom is 0.306 e. The van der Waals surface area contributed by atoms with Crippen LogP contribution in [0, 0.1) is 10.5 Å². The zero-order valence-corrected chi connectivity index (χ0v) is 11.2. The summed E-state index contributed by atoms with van der Waals surface area (Å²) in [6, 6.07) is 6.27. The van der Waals surface area contributed by atoms with Gasteiger partial charge in [-0.1, -0.05) is 6.07 Å². The van der Waals surface area contributed by atoms with Gasteiger partial charge in [0, 0.05) is 9.99 Å². The number of esters is 1. The van der Waals surface area contributed by atoms with Crippen molar-refractivity contribution in [3.63, 3.8) is 0 Å². The Balaban J connectivity index is 2.54. The van der Waals surface area contributed by atoms with Crippen LogP contribution in [0.3, 0.4) is 0 Å². The second kappa shape index (κ2) is 6.10. The molecule has 15 heavy (non-hydrogen) atoms. The highest BCUT2D eigenvalue weighted by molar-refractivity contribution is 14.1. The Morgan fingerprint density at radius 2 is 2.20 bits per heavy atom. The quantitative estimate of drug-likeness (QED) is 0.630. The van der Waals surface area contributed by atoms with Gasteiger partial charge in [0.25, 0.3) is 0 Å². The lowest BCUT2D eigenvalue weighted by atomic mass is 10.0. The van der Waals surface area contributed by atoms with Crippen LogP contribution in [0.2, 0.25) is 0 Å². The normalized spacial score (nSPS) is 10.1. The molecule has 82 valence electrons. The van der Waals surface area contributed by atoms with E-state index in [1.807, 2.05) is 6.92 Å². The molecule has 0 aliphatic heterocycles. The maximum atomic E-state index is 11.2. The average molecular weight is 318 g/mol. The molecular formula is C12H15IO2. The van der Waals surface area contributed by atoms with Crippen LogP contribution in [0.4, 0.5) is 0 Å². The maximum absolute atomic E-state index is 11.2. The van der Waals surface area contributed by atoms with Gasteiger partial charge in [-0.25, -0.2) is 0 Å². The van der Waals surface area contributed by atoms with Crippen molar-refractivity contribution in [3.8, 4) is 0 Å². The Labute approximate surface area is 104 Å². The Bertz CT molecular complexity index is 347. The molecule has 1 aromatic rings. The van der Waals surface area contributed by atoms with Gasteiger partial charge in [-0.05, 0) is 66.1 Å². The largest absolute Gasteiger partial charge is 0.466 e. The lowest BCUT2D eigenvalue weighted by Gasteiger charge is -2.06. The molecule has 0 atom stereocenters. The molecule has 0 aliphatic rings. The van der Waals surface area contributed by atoms with Crippen LogP contribution in [0.15, 0.2) is 18.2 Å². The van der Waals surface area contributed by atoms with Crippen LogP contribution in [0.1, 0.15) is 24.5 Å². The molecule has 0 bridgehead atoms. The van der Waals surface area contributed by atoms with Crippen molar-refractivity contribution in [2.24, 2.45) is 0 Å². The van der Waals surface area contributed by atoms with Crippen LogP contribution in [0.25, 0.3) is 0 Å². The smallest absolute Gasteiger partial charge is 0.306 e. The molecule has 0 heterocycles. The third-order valence-corrected chi connectivity index (χ3v) is 2.88. The average Bonchev–Trinajstić information content (AvgIpc) is 2.17. The summed E-state index contributed by atoms with van der Waals surface area (Å²) >= 11 is 2.29. The molecule has 0 aliphatic carbocycles. The first-order valence-corrected chi connectivity index (χ1v) is 6.12. The fourth-order valence-electron chi connectivity index (χ4n) is 1.41. The molecule has 0 radical (unpaired) electrons. The highest BCUT2D eigenvalue weighted by Gasteiger charge is 2.04. The van der Waals surface area contributed by atoms with Crippen molar-refractivity contribution in [1.82, 2.24) is 0 Å². The molecule has 1 rings (SSSR count). The summed E-state index contributed by atoms with van der Waals surface area (Å²) < 4.78 is 6.11. The number of hydrogen-bond donors (Lipinski definition) is 0. The number of rotatable bonds is 4. The number of carbonyl (C=O) groups excluding carboxylic acids is 1. The third-order valence-electron chi connectivity index (χ3n) is 2.21. The summed E-state index contributed by atoms with van der Waals surface area (Å²) in [4.78, 5) is 11.2. The summed E-state index contributed by atoms with van der Waals surface area (Å²) in [6.07, 6.45) is 1.23. The van der Waals surface area contributed by atoms with E-state index >= 15 is 0 Å². The van der Waals surface area contributed by atoms with Crippen molar-refractivity contribution in [3.05, 3.63) is 32.9 Å². The molecule has 0 aromatic heterocycles. The number of halogens is 1. The van der Waals surface area contributed by atoms with Crippen molar-refractivity contribution >= 4 is 28.6 Å². The van der Waals surface area contributed by atoms with Crippen molar-refractivity contribution in [2.75, 3.05) is 6.61 Å². The van der Waals surface area contributed by atoms with Gasteiger partial charge < -0.3 is 4.74 Å². The predicted octanol–water partition coefficient (Wildman–Crippen LogP) is 3.10. The minimum Gasteiger partial charge on any atom is -0.466 e. The van der Waals surface area contributed by atoms with Gasteiger partial charge in [-0.3, -0.25) is 4.79 Å². The van der Waals surface area contributed by atoms with E-state index in [2.05, 4.69) is 47.7 Å². The van der Waals surface area contributed by atoms with Gasteiger partial charge in [-0.2, -0.15) is 0 Å². The minimum absolute atomic E-state index is 0.115. The lowest BCUT2D eigenvalue weighted by molar-refractivity contribution is -0.143. The molecule has 0 amide bonds. The molecule has 0 saturated carbocycles. The van der Waals surface area contributed by atoms with E-state index in [4.69, 9.17) is 4.74 Å². The van der Waals surface area contributed by atoms with Crippen molar-refractivity contribution in [1.29, 1.82) is 0 Å². The highest BCUT2D eigenvalue weighted by atomic mass is 127. The molecule has 2 nitrogen and oxygen atoms in total. The van der Waals surface area contributed by atoms with Crippen molar-refractivity contribution in [2.45, 2.75) is 26.7 Å². The Kier molecular flexibility index (Phi) is 5.08. The van der Waals surface area contributed by atoms with E-state index in [0.29, 0.717) is 13.0 Å². The lowest BCUT2D eigenvalue weighted by Crippen LogP contribution is -2.05. The number of benzene rings is 1. The summed E-state index contributed by atoms with van der Waals surface area (Å²) in [6.45, 7) is 4.36. The summed E-state index contributed by atoms with van der Waals surface area (Å²) in [5, 5.41) is 0. The summed E-state index contributed by atoms with van der Waals surface area (Å²) in [7, 11) is 0. The van der Waals surface area contributed by atoms with Gasteiger partial charge in [0.05, 0.1) is 6.61 Å². The molecule has 3 heteroatoms. The van der Waals surface area contributed by atoms with Gasteiger partial charge in [0.2, 0.25) is 0 Å². The van der Waals surface area contributed by atoms with E-state index in [9.17, 15) is 4.79 Å². The Morgan fingerprint density at radius 1 is 1.47 bits per heavy atom. The van der Waals surface area contributed by atoms with Crippen LogP contribution in [-0.4, -0.2) is 12.6 Å². The predicted molar refractivity (Wildman–Crippen MR) is 68.9 cm³/mol. The fourth-order valence-corrected chi connectivity index (χ4v) is 2.06. The molecule has 0 N–H and O–H groups in total. The van der Waals surface area contributed by atoms with Crippen LogP contribution >= 0.6 is 22.6 Å². The van der Waals surface area contributed by atoms with E-state index in [1.54, 1.807) is 0 Å². The van der Waals surface area contributed by atoms with E-state index in [0.717, 1.165) is 6.42 Å². The SMILES string of the molecule is CCOC(=O)CCc1ccc(I)cc1C. The molecule has 1 aromatic carbocycles. The molecule has 0 saturated heterocycles. The van der Waals surface area contributed by atoms with Crippen LogP contribution in [0.5, 0.6) is 0 Å². The first-order chi connectivity index (χ1) is 7.13. The van der Waals surface area contributed by atoms with Crippen molar-refractivity contribution < 1.29 is 9.53 Å². The Hall–Kier alpha value is -0.580. The molecular weight excluding hydrogens is 303 g/mol. The number of ether oxygens (including phenoxy) is 1. The summed E-state index contributed by atoms with van der Waals surface area (Å²) in [5.41, 5.74) is 2.47. The Morgan fingerprint density at radius 3 is 2.80 bits per heavy atom. The van der Waals surface area contributed by atoms with E-state index < -0.39 is 0 Å². The molecule has 0 spiro atoms. The second-order valence-electron chi connectivity index (χ2n) is 3.38. The van der Waals surface area contributed by atoms with Crippen LogP contribution in [-0.2, 0) is 16.0 Å². The first-order valence-electron chi connectivity index (χ1n) is 5.04. The number of hydrogen-bond acceptors (Lipinski definition) is 2. The van der Waals surface area contributed by atoms with Gasteiger partial charge in [0.15, 0.2) is 0 Å². The fraction of sp³-hybridized carbons (Fsp3) is 0.417. The van der Waals surface area contributed by atoms with E-state index in [1.165, 1.54) is 14.7 Å². The zero-order chi connectivity index (χ0) is 11.3. The standard InChI is InChI=1S/C12H15IO2/c1-3-15-12(14)7-5-10-4-6-11(13)8-9(10)2/h4,6,8H,3,5,7H2,1-2H3. The van der Waals surface area contributed by atoms with Gasteiger partial charge in [-0.15, -0.1) is 0 Å². The summed E-state index contributed by atoms with van der Waals surface area (Å²) in [5.74, 6) is -0.115. The van der Waals surface area contributed by atoms with Gasteiger partial charge in [0.1, 0.15) is 0 Å². The number of aryl methyl sites for hydroxylation is 2. The second-order valence-corrected chi connectivity index (χ2v) is 4.62. The third kappa shape index (κ3) is 4.20. The molecule has 0 fully saturated rings. The zero-order valence-electron chi connectivity index (χ0n) is 9.05. The molecule has 0 unspecified atom stereocenters. The minimum atomic E-state index is -0.115. The topological polar surface area (TPSA) is 26.3 Å². The van der Waals surface area contributed by atoms with Crippen LogP contribution < -0.4 is 0 Å². The highest BCUT2D eigenvalue weighted by Crippen LogP contribution is 2.14. The first kappa shape index (κ1) is 12.5. The van der Waals surface area contributed by atoms with Gasteiger partial charge >= 0.3 is 5.97 Å². The monoisotopic (exact) mass is 318 g/mol.